The number of amides is 2. The van der Waals surface area contributed by atoms with Gasteiger partial charge in [-0.2, -0.15) is 26.3 Å². The molecule has 22 heavy (non-hydrogen) atoms. The molecule has 4 nitrogen and oxygen atoms in total. The van der Waals surface area contributed by atoms with E-state index in [1.807, 2.05) is 0 Å². The average Bonchev–Trinajstić information content (AvgIpc) is 2.42. The second kappa shape index (κ2) is 6.24. The fraction of sp³-hybridized carbons (Fsp3) is 0.333. The Bertz CT molecular complexity index is 523. The zero-order chi connectivity index (χ0) is 17.1. The van der Waals surface area contributed by atoms with Gasteiger partial charge in [0.15, 0.2) is 0 Å². The number of methoxy groups -OCH3 is 1. The van der Waals surface area contributed by atoms with Crippen molar-refractivity contribution in [3.63, 3.8) is 0 Å². The molecule has 0 spiro atoms. The molecule has 1 aromatic rings. The summed E-state index contributed by atoms with van der Waals surface area (Å²) in [4.78, 5) is 21.2. The van der Waals surface area contributed by atoms with E-state index < -0.39 is 35.6 Å². The zero-order valence-electron chi connectivity index (χ0n) is 11.0. The molecule has 0 unspecified atom stereocenters. The number of imide groups is 1. The van der Waals surface area contributed by atoms with Crippen LogP contribution in [0.25, 0.3) is 0 Å². The van der Waals surface area contributed by atoms with Gasteiger partial charge in [-0.15, -0.1) is 0 Å². The molecule has 0 aromatic heterocycles. The summed E-state index contributed by atoms with van der Waals surface area (Å²) >= 11 is 0. The van der Waals surface area contributed by atoms with Gasteiger partial charge in [0.25, 0.3) is 0 Å². The lowest BCUT2D eigenvalue weighted by Gasteiger charge is -2.23. The van der Waals surface area contributed by atoms with Crippen LogP contribution < -0.4 is 4.74 Å². The number of nitrogens with zero attached hydrogens (tertiary/aromatic N) is 1. The fourth-order valence-electron chi connectivity index (χ4n) is 1.46. The van der Waals surface area contributed by atoms with Crippen LogP contribution >= 0.6 is 0 Å². The van der Waals surface area contributed by atoms with Gasteiger partial charge in [0.2, 0.25) is 0 Å². The molecule has 0 atom stereocenters. The average molecular weight is 329 g/mol. The molecule has 0 bridgehead atoms. The van der Waals surface area contributed by atoms with Gasteiger partial charge < -0.3 is 4.74 Å². The molecule has 0 N–H and O–H groups in total. The molecule has 0 saturated heterocycles. The van der Waals surface area contributed by atoms with E-state index in [0.29, 0.717) is 5.75 Å². The standard InChI is InChI=1S/C12H9F6NO3/c1-22-8-4-2-7(3-5-8)6-19(9(20)11(13,14)15)10(21)12(16,17)18/h2-5H,6H2,1H3. The lowest BCUT2D eigenvalue weighted by atomic mass is 10.2. The minimum absolute atomic E-state index is 0.101. The van der Waals surface area contributed by atoms with Gasteiger partial charge >= 0.3 is 24.2 Å². The SMILES string of the molecule is COc1ccc(CN(C(=O)C(F)(F)F)C(=O)C(F)(F)F)cc1. The van der Waals surface area contributed by atoms with Crippen molar-refractivity contribution in [3.8, 4) is 5.75 Å². The number of benzene rings is 1. The van der Waals surface area contributed by atoms with Crippen molar-refractivity contribution in [2.75, 3.05) is 7.11 Å². The van der Waals surface area contributed by atoms with E-state index in [4.69, 9.17) is 4.74 Å². The highest BCUT2D eigenvalue weighted by molar-refractivity contribution is 6.00. The first kappa shape index (κ1) is 17.8. The molecule has 0 aliphatic rings. The topological polar surface area (TPSA) is 46.6 Å². The maximum atomic E-state index is 12.3. The van der Waals surface area contributed by atoms with Crippen LogP contribution in [-0.2, 0) is 16.1 Å². The van der Waals surface area contributed by atoms with Crippen LogP contribution in [0.4, 0.5) is 26.3 Å². The van der Waals surface area contributed by atoms with Crippen LogP contribution in [0, 0.1) is 0 Å². The van der Waals surface area contributed by atoms with Crippen molar-refractivity contribution < 1.29 is 40.7 Å². The van der Waals surface area contributed by atoms with Crippen molar-refractivity contribution in [2.45, 2.75) is 18.9 Å². The van der Waals surface area contributed by atoms with Gasteiger partial charge in [0.05, 0.1) is 13.7 Å². The normalized spacial score (nSPS) is 12.0. The predicted molar refractivity (Wildman–Crippen MR) is 60.7 cm³/mol. The van der Waals surface area contributed by atoms with Crippen molar-refractivity contribution in [2.24, 2.45) is 0 Å². The first-order valence-corrected chi connectivity index (χ1v) is 5.59. The summed E-state index contributed by atoms with van der Waals surface area (Å²) in [5.74, 6) is -5.46. The molecule has 0 radical (unpaired) electrons. The molecule has 1 aromatic carbocycles. The number of carbonyl (C=O) groups is 2. The predicted octanol–water partition coefficient (Wildman–Crippen LogP) is 2.68. The van der Waals surface area contributed by atoms with Gasteiger partial charge in [-0.25, -0.2) is 0 Å². The summed E-state index contributed by atoms with van der Waals surface area (Å²) in [6.07, 6.45) is -11.2. The van der Waals surface area contributed by atoms with Crippen molar-refractivity contribution in [1.29, 1.82) is 0 Å². The van der Waals surface area contributed by atoms with Crippen LogP contribution in [-0.4, -0.2) is 36.2 Å². The molecular weight excluding hydrogens is 320 g/mol. The molecule has 0 fully saturated rings. The van der Waals surface area contributed by atoms with E-state index in [-0.39, 0.29) is 5.56 Å². The largest absolute Gasteiger partial charge is 0.497 e. The maximum Gasteiger partial charge on any atom is 0.471 e. The summed E-state index contributed by atoms with van der Waals surface area (Å²) in [6, 6.07) is 4.81. The number of carbonyl (C=O) groups excluding carboxylic acids is 2. The first-order chi connectivity index (χ1) is 9.96. The smallest absolute Gasteiger partial charge is 0.471 e. The van der Waals surface area contributed by atoms with Crippen molar-refractivity contribution >= 4 is 11.8 Å². The Balaban J connectivity index is 3.09. The summed E-state index contributed by atoms with van der Waals surface area (Å²) in [6.45, 7) is -1.17. The third kappa shape index (κ3) is 4.37. The third-order valence-electron chi connectivity index (χ3n) is 2.48. The van der Waals surface area contributed by atoms with Crippen LogP contribution in [0.5, 0.6) is 5.75 Å². The number of ether oxygens (including phenoxy) is 1. The molecule has 0 aliphatic heterocycles. The Kier molecular flexibility index (Phi) is 5.05. The van der Waals surface area contributed by atoms with Gasteiger partial charge in [-0.1, -0.05) is 12.1 Å². The van der Waals surface area contributed by atoms with Crippen LogP contribution in [0.15, 0.2) is 24.3 Å². The van der Waals surface area contributed by atoms with Crippen LogP contribution in [0.2, 0.25) is 0 Å². The highest BCUT2D eigenvalue weighted by Crippen LogP contribution is 2.26. The maximum absolute atomic E-state index is 12.3. The summed E-state index contributed by atoms with van der Waals surface area (Å²) < 4.78 is 78.8. The Morgan fingerprint density at radius 1 is 0.955 bits per heavy atom. The fourth-order valence-corrected chi connectivity index (χ4v) is 1.46. The van der Waals surface area contributed by atoms with E-state index in [0.717, 1.165) is 12.1 Å². The first-order valence-electron chi connectivity index (χ1n) is 5.59. The van der Waals surface area contributed by atoms with Gasteiger partial charge in [0, 0.05) is 0 Å². The summed E-state index contributed by atoms with van der Waals surface area (Å²) in [5, 5.41) is 0. The number of rotatable bonds is 3. The Hall–Kier alpha value is -2.26. The minimum atomic E-state index is -5.60. The number of halogens is 6. The molecule has 0 aliphatic carbocycles. The van der Waals surface area contributed by atoms with Gasteiger partial charge in [-0.05, 0) is 17.7 Å². The quantitative estimate of drug-likeness (QED) is 0.801. The summed E-state index contributed by atoms with van der Waals surface area (Å²) in [7, 11) is 1.31. The molecule has 0 heterocycles. The van der Waals surface area contributed by atoms with E-state index in [1.165, 1.54) is 19.2 Å². The minimum Gasteiger partial charge on any atom is -0.497 e. The van der Waals surface area contributed by atoms with Crippen molar-refractivity contribution in [1.82, 2.24) is 4.90 Å². The van der Waals surface area contributed by atoms with E-state index in [9.17, 15) is 35.9 Å². The Labute approximate surface area is 120 Å². The lowest BCUT2D eigenvalue weighted by Crippen LogP contribution is -2.49. The highest BCUT2D eigenvalue weighted by Gasteiger charge is 2.51. The van der Waals surface area contributed by atoms with Crippen LogP contribution in [0.3, 0.4) is 0 Å². The third-order valence-corrected chi connectivity index (χ3v) is 2.48. The number of hydrogen-bond acceptors (Lipinski definition) is 3. The molecular formula is C12H9F6NO3. The molecule has 1 rings (SSSR count). The Morgan fingerprint density at radius 2 is 1.36 bits per heavy atom. The van der Waals surface area contributed by atoms with Crippen LogP contribution in [0.1, 0.15) is 5.56 Å². The van der Waals surface area contributed by atoms with Gasteiger partial charge in [-0.3, -0.25) is 14.5 Å². The van der Waals surface area contributed by atoms with Gasteiger partial charge in [0.1, 0.15) is 5.75 Å². The molecule has 2 amide bonds. The molecule has 122 valence electrons. The zero-order valence-corrected chi connectivity index (χ0v) is 11.0. The second-order valence-corrected chi connectivity index (χ2v) is 4.04. The Morgan fingerprint density at radius 3 is 1.68 bits per heavy atom. The lowest BCUT2D eigenvalue weighted by molar-refractivity contribution is -0.204. The second-order valence-electron chi connectivity index (χ2n) is 4.04. The van der Waals surface area contributed by atoms with E-state index >= 15 is 0 Å². The number of hydrogen-bond donors (Lipinski definition) is 0. The molecule has 10 heteroatoms. The molecule has 0 saturated carbocycles. The van der Waals surface area contributed by atoms with Crippen molar-refractivity contribution in [3.05, 3.63) is 29.8 Å². The van der Waals surface area contributed by atoms with E-state index in [1.54, 1.807) is 0 Å². The monoisotopic (exact) mass is 329 g/mol. The van der Waals surface area contributed by atoms with E-state index in [2.05, 4.69) is 0 Å². The highest BCUT2D eigenvalue weighted by atomic mass is 19.4. The summed E-state index contributed by atoms with van der Waals surface area (Å²) in [5.41, 5.74) is -0.101. The number of alkyl halides is 6.